The summed E-state index contributed by atoms with van der Waals surface area (Å²) in [5.41, 5.74) is 0.647. The zero-order chi connectivity index (χ0) is 11.8. The molecule has 0 saturated carbocycles. The Bertz CT molecular complexity index is 576. The van der Waals surface area contributed by atoms with Gasteiger partial charge >= 0.3 is 0 Å². The van der Waals surface area contributed by atoms with E-state index in [1.54, 1.807) is 4.90 Å². The second-order valence-corrected chi connectivity index (χ2v) is 3.97. The van der Waals surface area contributed by atoms with Crippen LogP contribution in [0.15, 0.2) is 22.7 Å². The van der Waals surface area contributed by atoms with Crippen LogP contribution in [-0.2, 0) is 4.79 Å². The van der Waals surface area contributed by atoms with E-state index in [2.05, 4.69) is 5.16 Å². The van der Waals surface area contributed by atoms with Gasteiger partial charge in [0.2, 0.25) is 0 Å². The van der Waals surface area contributed by atoms with E-state index >= 15 is 0 Å². The lowest BCUT2D eigenvalue weighted by molar-refractivity contribution is -0.120. The smallest absolute Gasteiger partial charge is 0.266 e. The maximum Gasteiger partial charge on any atom is 0.266 e. The Labute approximate surface area is 97.9 Å². The predicted octanol–water partition coefficient (Wildman–Crippen LogP) is 1.96. The van der Waals surface area contributed by atoms with Crippen LogP contribution in [0.2, 0.25) is 0 Å². The van der Waals surface area contributed by atoms with E-state index in [0.29, 0.717) is 23.7 Å². The van der Waals surface area contributed by atoms with Crippen LogP contribution in [-0.4, -0.2) is 24.2 Å². The summed E-state index contributed by atoms with van der Waals surface area (Å²) >= 11 is 0. The van der Waals surface area contributed by atoms with E-state index in [4.69, 9.17) is 9.26 Å². The van der Waals surface area contributed by atoms with Gasteiger partial charge in [-0.1, -0.05) is 18.1 Å². The number of benzene rings is 1. The summed E-state index contributed by atoms with van der Waals surface area (Å²) in [5, 5.41) is 4.77. The molecule has 0 atom stereocenters. The molecule has 3 rings (SSSR count). The van der Waals surface area contributed by atoms with Crippen LogP contribution in [0.5, 0.6) is 5.75 Å². The van der Waals surface area contributed by atoms with Crippen molar-refractivity contribution in [1.82, 2.24) is 5.16 Å². The molecule has 1 amide bonds. The van der Waals surface area contributed by atoms with Gasteiger partial charge in [0.15, 0.2) is 18.0 Å². The van der Waals surface area contributed by atoms with E-state index in [1.807, 2.05) is 25.1 Å². The van der Waals surface area contributed by atoms with Gasteiger partial charge in [-0.05, 0) is 18.6 Å². The van der Waals surface area contributed by atoms with Crippen LogP contribution in [0, 0.1) is 0 Å². The summed E-state index contributed by atoms with van der Waals surface area (Å²) < 4.78 is 10.7. The fraction of sp³-hybridized carbons (Fsp3) is 0.333. The Kier molecular flexibility index (Phi) is 2.24. The highest BCUT2D eigenvalue weighted by Crippen LogP contribution is 2.36. The van der Waals surface area contributed by atoms with Gasteiger partial charge in [-0.2, -0.15) is 0 Å². The molecule has 2 heterocycles. The molecule has 5 nitrogen and oxygen atoms in total. The summed E-state index contributed by atoms with van der Waals surface area (Å²) in [6, 6.07) is 5.47. The second kappa shape index (κ2) is 3.76. The Morgan fingerprint density at radius 3 is 3.18 bits per heavy atom. The summed E-state index contributed by atoms with van der Waals surface area (Å²) in [7, 11) is 0. The van der Waals surface area contributed by atoms with Crippen molar-refractivity contribution in [3.05, 3.63) is 18.2 Å². The molecule has 1 aromatic heterocycles. The molecule has 1 aromatic carbocycles. The average Bonchev–Trinajstić information content (AvgIpc) is 2.71. The lowest BCUT2D eigenvalue weighted by atomic mass is 10.2. The fourth-order valence-corrected chi connectivity index (χ4v) is 2.04. The fourth-order valence-electron chi connectivity index (χ4n) is 2.04. The number of anilines is 1. The van der Waals surface area contributed by atoms with E-state index < -0.39 is 0 Å². The van der Waals surface area contributed by atoms with Gasteiger partial charge in [-0.25, -0.2) is 0 Å². The molecular formula is C12H12N2O3. The SMILES string of the molecule is CCCN1C(=O)COc2cccc3onc1c23. The Hall–Kier alpha value is -2.04. The molecule has 17 heavy (non-hydrogen) atoms. The number of aromatic nitrogens is 1. The summed E-state index contributed by atoms with van der Waals surface area (Å²) in [6.45, 7) is 2.69. The third-order valence-corrected chi connectivity index (χ3v) is 2.80. The van der Waals surface area contributed by atoms with Gasteiger partial charge in [-0.15, -0.1) is 0 Å². The minimum Gasteiger partial charge on any atom is -0.483 e. The number of ether oxygens (including phenoxy) is 1. The monoisotopic (exact) mass is 232 g/mol. The predicted molar refractivity (Wildman–Crippen MR) is 62.1 cm³/mol. The number of carbonyl (C=O) groups excluding carboxylic acids is 1. The zero-order valence-corrected chi connectivity index (χ0v) is 9.47. The average molecular weight is 232 g/mol. The lowest BCUT2D eigenvalue weighted by Crippen LogP contribution is -2.34. The maximum absolute atomic E-state index is 11.9. The van der Waals surface area contributed by atoms with Crippen molar-refractivity contribution >= 4 is 22.7 Å². The third kappa shape index (κ3) is 1.46. The van der Waals surface area contributed by atoms with Crippen molar-refractivity contribution in [3.63, 3.8) is 0 Å². The first-order valence-corrected chi connectivity index (χ1v) is 5.63. The van der Waals surface area contributed by atoms with Crippen molar-refractivity contribution in [2.75, 3.05) is 18.1 Å². The van der Waals surface area contributed by atoms with E-state index in [9.17, 15) is 4.79 Å². The Morgan fingerprint density at radius 1 is 1.47 bits per heavy atom. The highest BCUT2D eigenvalue weighted by Gasteiger charge is 2.27. The summed E-state index contributed by atoms with van der Waals surface area (Å²) in [4.78, 5) is 13.6. The topological polar surface area (TPSA) is 55.6 Å². The molecule has 0 spiro atoms. The minimum atomic E-state index is -0.0850. The van der Waals surface area contributed by atoms with Crippen molar-refractivity contribution in [2.24, 2.45) is 0 Å². The zero-order valence-electron chi connectivity index (χ0n) is 9.47. The van der Waals surface area contributed by atoms with Gasteiger partial charge in [0, 0.05) is 6.54 Å². The van der Waals surface area contributed by atoms with Crippen molar-refractivity contribution in [3.8, 4) is 5.75 Å². The highest BCUT2D eigenvalue weighted by atomic mass is 16.5. The van der Waals surface area contributed by atoms with Crippen LogP contribution in [0.3, 0.4) is 0 Å². The molecule has 0 aliphatic carbocycles. The second-order valence-electron chi connectivity index (χ2n) is 3.97. The molecule has 0 saturated heterocycles. The molecule has 1 aliphatic heterocycles. The first kappa shape index (κ1) is 10.1. The van der Waals surface area contributed by atoms with E-state index in [1.165, 1.54) is 0 Å². The van der Waals surface area contributed by atoms with Gasteiger partial charge in [0.25, 0.3) is 5.91 Å². The molecule has 2 aromatic rings. The molecule has 0 fully saturated rings. The molecular weight excluding hydrogens is 220 g/mol. The number of nitrogens with zero attached hydrogens (tertiary/aromatic N) is 2. The number of hydrogen-bond donors (Lipinski definition) is 0. The van der Waals surface area contributed by atoms with E-state index in [0.717, 1.165) is 11.8 Å². The van der Waals surface area contributed by atoms with Crippen molar-refractivity contribution in [2.45, 2.75) is 13.3 Å². The largest absolute Gasteiger partial charge is 0.483 e. The van der Waals surface area contributed by atoms with Crippen LogP contribution < -0.4 is 9.64 Å². The molecule has 0 N–H and O–H groups in total. The quantitative estimate of drug-likeness (QED) is 0.794. The third-order valence-electron chi connectivity index (χ3n) is 2.80. The molecule has 1 aliphatic rings. The molecule has 5 heteroatoms. The lowest BCUT2D eigenvalue weighted by Gasteiger charge is -2.16. The van der Waals surface area contributed by atoms with Gasteiger partial charge in [0.05, 0.1) is 0 Å². The Balaban J connectivity index is 2.23. The van der Waals surface area contributed by atoms with Gasteiger partial charge < -0.3 is 9.26 Å². The number of rotatable bonds is 2. The standard InChI is InChI=1S/C12H12N2O3/c1-2-6-14-10(15)7-16-8-4-3-5-9-11(8)12(14)13-17-9/h3-5H,2,6-7H2,1H3. The van der Waals surface area contributed by atoms with Crippen LogP contribution in [0.4, 0.5) is 5.82 Å². The number of hydrogen-bond acceptors (Lipinski definition) is 4. The van der Waals surface area contributed by atoms with Crippen molar-refractivity contribution in [1.29, 1.82) is 0 Å². The van der Waals surface area contributed by atoms with Crippen LogP contribution in [0.25, 0.3) is 11.0 Å². The minimum absolute atomic E-state index is 0.0511. The highest BCUT2D eigenvalue weighted by molar-refractivity contribution is 6.05. The number of amides is 1. The van der Waals surface area contributed by atoms with Gasteiger partial charge in [-0.3, -0.25) is 9.69 Å². The summed E-state index contributed by atoms with van der Waals surface area (Å²) in [5.74, 6) is 1.14. The van der Waals surface area contributed by atoms with Crippen LogP contribution >= 0.6 is 0 Å². The maximum atomic E-state index is 11.9. The first-order valence-electron chi connectivity index (χ1n) is 5.63. The van der Waals surface area contributed by atoms with Crippen molar-refractivity contribution < 1.29 is 14.1 Å². The van der Waals surface area contributed by atoms with E-state index in [-0.39, 0.29) is 12.5 Å². The summed E-state index contributed by atoms with van der Waals surface area (Å²) in [6.07, 6.45) is 0.863. The van der Waals surface area contributed by atoms with Crippen LogP contribution in [0.1, 0.15) is 13.3 Å². The Morgan fingerprint density at radius 2 is 2.35 bits per heavy atom. The molecule has 0 bridgehead atoms. The first-order chi connectivity index (χ1) is 8.31. The molecule has 0 radical (unpaired) electrons. The number of carbonyl (C=O) groups is 1. The normalized spacial score (nSPS) is 14.9. The molecule has 0 unspecified atom stereocenters. The van der Waals surface area contributed by atoms with Gasteiger partial charge in [0.1, 0.15) is 11.1 Å². The molecule has 88 valence electrons.